The topological polar surface area (TPSA) is 124 Å². The van der Waals surface area contributed by atoms with Gasteiger partial charge in [0, 0.05) is 20.8 Å². The van der Waals surface area contributed by atoms with Crippen LogP contribution in [0.2, 0.25) is 0 Å². The summed E-state index contributed by atoms with van der Waals surface area (Å²) in [6.45, 7) is 10.1. The lowest BCUT2D eigenvalue weighted by molar-refractivity contribution is -0.317. The molecule has 2 bridgehead atoms. The van der Waals surface area contributed by atoms with Crippen LogP contribution in [0.15, 0.2) is 0 Å². The average molecular weight is 471 g/mol. The molecule has 2 saturated carbocycles. The number of rotatable bonds is 6. The number of esters is 4. The Bertz CT molecular complexity index is 807. The van der Waals surface area contributed by atoms with Gasteiger partial charge in [-0.25, -0.2) is 4.79 Å². The molecule has 10 heteroatoms. The summed E-state index contributed by atoms with van der Waals surface area (Å²) >= 11 is 0. The lowest BCUT2D eigenvalue weighted by Gasteiger charge is -2.46. The highest BCUT2D eigenvalue weighted by molar-refractivity contribution is 5.77. The molecule has 0 N–H and O–H groups in total. The van der Waals surface area contributed by atoms with Crippen molar-refractivity contribution in [1.29, 1.82) is 0 Å². The van der Waals surface area contributed by atoms with Crippen molar-refractivity contribution in [2.45, 2.75) is 97.6 Å². The summed E-state index contributed by atoms with van der Waals surface area (Å²) in [5.41, 5.74) is -0.132. The van der Waals surface area contributed by atoms with Crippen molar-refractivity contribution in [3.63, 3.8) is 0 Å². The van der Waals surface area contributed by atoms with Crippen molar-refractivity contribution in [2.75, 3.05) is 7.11 Å². The van der Waals surface area contributed by atoms with Gasteiger partial charge in [0.25, 0.3) is 0 Å². The van der Waals surface area contributed by atoms with E-state index in [1.54, 1.807) is 0 Å². The standard InChI is InChI=1S/C23H34O10/c1-11(24)29-16-17(30-12(2)25)19(31-13(3)26)21(33-18(16)20(27)28-7)32-15-10-14-8-9-23(15,6)22(14,4)5/h14-19,21H,8-10H2,1-7H3/t14-,15+,16+,17+,18-,19-,21-,23?/m1/s1. The molecule has 8 atom stereocenters. The van der Waals surface area contributed by atoms with E-state index >= 15 is 0 Å². The van der Waals surface area contributed by atoms with Gasteiger partial charge in [-0.05, 0) is 36.0 Å². The molecule has 33 heavy (non-hydrogen) atoms. The molecule has 1 heterocycles. The van der Waals surface area contributed by atoms with Gasteiger partial charge in [0.15, 0.2) is 30.7 Å². The van der Waals surface area contributed by atoms with E-state index in [0.717, 1.165) is 40.2 Å². The largest absolute Gasteiger partial charge is 0.467 e. The predicted molar refractivity (Wildman–Crippen MR) is 111 cm³/mol. The van der Waals surface area contributed by atoms with Crippen LogP contribution in [0.4, 0.5) is 0 Å². The molecule has 1 aliphatic heterocycles. The van der Waals surface area contributed by atoms with Gasteiger partial charge < -0.3 is 28.4 Å². The van der Waals surface area contributed by atoms with Crippen LogP contribution in [0.3, 0.4) is 0 Å². The quantitative estimate of drug-likeness (QED) is 0.420. The number of carbonyl (C=O) groups is 4. The van der Waals surface area contributed by atoms with Crippen LogP contribution in [-0.2, 0) is 47.6 Å². The molecule has 3 fully saturated rings. The highest BCUT2D eigenvalue weighted by atomic mass is 16.7. The molecule has 3 rings (SSSR count). The number of carbonyl (C=O) groups excluding carboxylic acids is 4. The van der Waals surface area contributed by atoms with Gasteiger partial charge in [-0.1, -0.05) is 20.8 Å². The molecular formula is C23H34O10. The average Bonchev–Trinajstić information content (AvgIpc) is 3.04. The number of fused-ring (bicyclic) bond motifs is 2. The van der Waals surface area contributed by atoms with Gasteiger partial charge >= 0.3 is 23.9 Å². The van der Waals surface area contributed by atoms with Crippen LogP contribution in [0.25, 0.3) is 0 Å². The summed E-state index contributed by atoms with van der Waals surface area (Å²) in [5, 5.41) is 0. The Kier molecular flexibility index (Phi) is 7.10. The molecule has 0 aromatic carbocycles. The smallest absolute Gasteiger partial charge is 0.339 e. The minimum atomic E-state index is -1.44. The van der Waals surface area contributed by atoms with Crippen LogP contribution < -0.4 is 0 Å². The normalized spacial score (nSPS) is 38.9. The van der Waals surface area contributed by atoms with Gasteiger partial charge in [-0.3, -0.25) is 14.4 Å². The van der Waals surface area contributed by atoms with Gasteiger partial charge in [-0.2, -0.15) is 0 Å². The van der Waals surface area contributed by atoms with E-state index in [4.69, 9.17) is 28.4 Å². The molecule has 0 radical (unpaired) electrons. The van der Waals surface area contributed by atoms with Gasteiger partial charge in [0.1, 0.15) is 0 Å². The molecule has 0 aromatic heterocycles. The van der Waals surface area contributed by atoms with E-state index in [9.17, 15) is 19.2 Å². The Morgan fingerprint density at radius 2 is 1.39 bits per heavy atom. The van der Waals surface area contributed by atoms with Crippen molar-refractivity contribution >= 4 is 23.9 Å². The maximum atomic E-state index is 12.6. The third-order valence-corrected chi connectivity index (χ3v) is 7.85. The second-order valence-electron chi connectivity index (χ2n) is 9.91. The SMILES string of the molecule is COC(=O)[C@@H]1O[C@@H](O[C@H]2C[C@H]3CCC2(C)C3(C)C)[C@H](OC(C)=O)[C@@H](OC(C)=O)[C@@H]1OC(C)=O. The molecule has 2 aliphatic carbocycles. The Hall–Kier alpha value is -2.20. The van der Waals surface area contributed by atoms with Crippen LogP contribution in [0.1, 0.15) is 60.8 Å². The summed E-state index contributed by atoms with van der Waals surface area (Å²) in [4.78, 5) is 48.2. The summed E-state index contributed by atoms with van der Waals surface area (Å²) in [6, 6.07) is 0. The second-order valence-corrected chi connectivity index (χ2v) is 9.91. The third kappa shape index (κ3) is 4.59. The first-order chi connectivity index (χ1) is 15.3. The number of hydrogen-bond donors (Lipinski definition) is 0. The van der Waals surface area contributed by atoms with E-state index in [-0.39, 0.29) is 16.9 Å². The van der Waals surface area contributed by atoms with Crippen LogP contribution in [0.5, 0.6) is 0 Å². The summed E-state index contributed by atoms with van der Waals surface area (Å²) < 4.78 is 33.3. The zero-order valence-corrected chi connectivity index (χ0v) is 20.2. The third-order valence-electron chi connectivity index (χ3n) is 7.85. The molecular weight excluding hydrogens is 436 g/mol. The molecule has 0 aromatic rings. The van der Waals surface area contributed by atoms with E-state index in [1.165, 1.54) is 6.92 Å². The molecule has 0 amide bonds. The lowest BCUT2D eigenvalue weighted by atomic mass is 9.70. The number of ether oxygens (including phenoxy) is 6. The van der Waals surface area contributed by atoms with Crippen molar-refractivity contribution in [3.05, 3.63) is 0 Å². The second kappa shape index (κ2) is 9.21. The molecule has 10 nitrogen and oxygen atoms in total. The zero-order chi connectivity index (χ0) is 24.7. The van der Waals surface area contributed by atoms with Gasteiger partial charge in [0.2, 0.25) is 0 Å². The first-order valence-electron chi connectivity index (χ1n) is 11.2. The maximum Gasteiger partial charge on any atom is 0.339 e. The van der Waals surface area contributed by atoms with E-state index < -0.39 is 54.6 Å². The maximum absolute atomic E-state index is 12.6. The molecule has 1 unspecified atom stereocenters. The number of methoxy groups -OCH3 is 1. The van der Waals surface area contributed by atoms with Crippen molar-refractivity contribution < 1.29 is 47.6 Å². The first-order valence-corrected chi connectivity index (χ1v) is 11.2. The highest BCUT2D eigenvalue weighted by Gasteiger charge is 2.64. The molecule has 0 spiro atoms. The van der Waals surface area contributed by atoms with Gasteiger partial charge in [0.05, 0.1) is 13.2 Å². The Morgan fingerprint density at radius 3 is 1.85 bits per heavy atom. The van der Waals surface area contributed by atoms with Crippen molar-refractivity contribution in [3.8, 4) is 0 Å². The number of hydrogen-bond acceptors (Lipinski definition) is 10. The summed E-state index contributed by atoms with van der Waals surface area (Å²) in [7, 11) is 1.16. The van der Waals surface area contributed by atoms with Crippen LogP contribution in [0, 0.1) is 16.7 Å². The van der Waals surface area contributed by atoms with Crippen molar-refractivity contribution in [1.82, 2.24) is 0 Å². The molecule has 1 saturated heterocycles. The zero-order valence-electron chi connectivity index (χ0n) is 20.2. The predicted octanol–water partition coefficient (Wildman–Crippen LogP) is 1.91. The minimum absolute atomic E-state index is 0.0283. The minimum Gasteiger partial charge on any atom is -0.467 e. The van der Waals surface area contributed by atoms with E-state index in [1.807, 2.05) is 0 Å². The summed E-state index contributed by atoms with van der Waals surface area (Å²) in [5.74, 6) is -2.51. The summed E-state index contributed by atoms with van der Waals surface area (Å²) in [6.07, 6.45) is -4.08. The van der Waals surface area contributed by atoms with Crippen molar-refractivity contribution in [2.24, 2.45) is 16.7 Å². The highest BCUT2D eigenvalue weighted by Crippen LogP contribution is 2.66. The van der Waals surface area contributed by atoms with E-state index in [0.29, 0.717) is 5.92 Å². The Labute approximate surface area is 193 Å². The van der Waals surface area contributed by atoms with Crippen LogP contribution in [-0.4, -0.2) is 67.8 Å². The van der Waals surface area contributed by atoms with Gasteiger partial charge in [-0.15, -0.1) is 0 Å². The monoisotopic (exact) mass is 470 g/mol. The fraction of sp³-hybridized carbons (Fsp3) is 0.826. The first kappa shape index (κ1) is 25.4. The lowest BCUT2D eigenvalue weighted by Crippen LogP contribution is -2.64. The van der Waals surface area contributed by atoms with E-state index in [2.05, 4.69) is 20.8 Å². The fourth-order valence-corrected chi connectivity index (χ4v) is 5.69. The molecule has 186 valence electrons. The molecule has 3 aliphatic rings. The Morgan fingerprint density at radius 1 is 0.848 bits per heavy atom. The fourth-order valence-electron chi connectivity index (χ4n) is 5.69. The van der Waals surface area contributed by atoms with Crippen LogP contribution >= 0.6 is 0 Å². The Balaban J connectivity index is 1.98.